The van der Waals surface area contributed by atoms with Crippen LogP contribution in [0.3, 0.4) is 0 Å². The quantitative estimate of drug-likeness (QED) is 0.391. The highest BCUT2D eigenvalue weighted by atomic mass is 19.4. The zero-order valence-corrected chi connectivity index (χ0v) is 15.3. The number of amides is 1. The average molecular weight is 415 g/mol. The molecule has 0 saturated heterocycles. The van der Waals surface area contributed by atoms with Crippen molar-refractivity contribution in [3.05, 3.63) is 90.4 Å². The predicted molar refractivity (Wildman–Crippen MR) is 99.8 cm³/mol. The molecule has 5 nitrogen and oxygen atoms in total. The van der Waals surface area contributed by atoms with E-state index in [1.165, 1.54) is 53.1 Å². The van der Waals surface area contributed by atoms with E-state index in [0.717, 1.165) is 0 Å². The Morgan fingerprint density at radius 1 is 1.03 bits per heavy atom. The molecule has 0 aliphatic rings. The summed E-state index contributed by atoms with van der Waals surface area (Å²) >= 11 is 0. The van der Waals surface area contributed by atoms with Gasteiger partial charge in [0.2, 0.25) is 0 Å². The van der Waals surface area contributed by atoms with Gasteiger partial charge in [-0.15, -0.1) is 0 Å². The van der Waals surface area contributed by atoms with Crippen molar-refractivity contribution in [3.63, 3.8) is 0 Å². The van der Waals surface area contributed by atoms with Crippen molar-refractivity contribution < 1.29 is 26.8 Å². The summed E-state index contributed by atoms with van der Waals surface area (Å²) in [4.78, 5) is 19.4. The van der Waals surface area contributed by atoms with Crippen molar-refractivity contribution in [1.29, 1.82) is 0 Å². The van der Waals surface area contributed by atoms with Crippen LogP contribution in [0.2, 0.25) is 0 Å². The van der Waals surface area contributed by atoms with Crippen LogP contribution in [0.15, 0.2) is 73.1 Å². The molecule has 0 saturated carbocycles. The summed E-state index contributed by atoms with van der Waals surface area (Å²) < 4.78 is 55.5. The summed E-state index contributed by atoms with van der Waals surface area (Å²) in [5.41, 5.74) is 1.28. The lowest BCUT2D eigenvalue weighted by Gasteiger charge is -2.19. The maximum Gasteiger partial charge on any atom is 0.414 e. The van der Waals surface area contributed by atoms with Gasteiger partial charge in [-0.3, -0.25) is 9.78 Å². The second-order valence-electron chi connectivity index (χ2n) is 6.51. The number of hydrogen-bond acceptors (Lipinski definition) is 2. The summed E-state index contributed by atoms with van der Waals surface area (Å²) in [5.74, 6) is -1.49. The summed E-state index contributed by atoms with van der Waals surface area (Å²) in [5, 5.41) is 2.02. The lowest BCUT2D eigenvalue weighted by Crippen LogP contribution is -2.42. The molecule has 0 radical (unpaired) electrons. The first kappa shape index (κ1) is 19.6. The van der Waals surface area contributed by atoms with E-state index >= 15 is 0 Å². The van der Waals surface area contributed by atoms with E-state index in [1.54, 1.807) is 24.4 Å². The molecule has 3 heterocycles. The highest BCUT2D eigenvalue weighted by Crippen LogP contribution is 2.32. The number of hydrogen-bond donors (Lipinski definition) is 2. The van der Waals surface area contributed by atoms with Crippen LogP contribution in [0.25, 0.3) is 16.8 Å². The van der Waals surface area contributed by atoms with Gasteiger partial charge in [-0.1, -0.05) is 12.1 Å². The predicted octanol–water partition coefficient (Wildman–Crippen LogP) is 3.99. The molecular weight excluding hydrogens is 400 g/mol. The Kier molecular flexibility index (Phi) is 4.94. The van der Waals surface area contributed by atoms with Gasteiger partial charge in [0, 0.05) is 11.8 Å². The van der Waals surface area contributed by atoms with Crippen molar-refractivity contribution in [2.24, 2.45) is 0 Å². The van der Waals surface area contributed by atoms with Gasteiger partial charge in [0.1, 0.15) is 5.82 Å². The molecule has 4 rings (SSSR count). The van der Waals surface area contributed by atoms with E-state index < -0.39 is 23.9 Å². The van der Waals surface area contributed by atoms with Gasteiger partial charge < -0.3 is 5.32 Å². The molecule has 0 spiro atoms. The molecule has 1 atom stereocenters. The minimum absolute atomic E-state index is 0.102. The highest BCUT2D eigenvalue weighted by molar-refractivity contribution is 5.91. The lowest BCUT2D eigenvalue weighted by molar-refractivity contribution is -0.514. The second kappa shape index (κ2) is 7.58. The van der Waals surface area contributed by atoms with Crippen LogP contribution in [0.5, 0.6) is 0 Å². The van der Waals surface area contributed by atoms with Crippen LogP contribution in [0.4, 0.5) is 17.6 Å². The lowest BCUT2D eigenvalue weighted by atomic mass is 10.1. The Morgan fingerprint density at radius 3 is 2.43 bits per heavy atom. The number of fused-ring (bicyclic) bond motifs is 1. The number of H-pyrrole nitrogens is 1. The summed E-state index contributed by atoms with van der Waals surface area (Å²) in [6.45, 7) is 0. The van der Waals surface area contributed by atoms with Crippen molar-refractivity contribution in [3.8, 4) is 11.3 Å². The largest absolute Gasteiger partial charge is 0.414 e. The third kappa shape index (κ3) is 3.73. The van der Waals surface area contributed by atoms with Crippen molar-refractivity contribution in [2.75, 3.05) is 0 Å². The summed E-state index contributed by atoms with van der Waals surface area (Å²) in [7, 11) is 0. The fraction of sp³-hybridized carbons (Fsp3) is 0.0952. The summed E-state index contributed by atoms with van der Waals surface area (Å²) in [6, 6.07) is 12.4. The fourth-order valence-electron chi connectivity index (χ4n) is 3.16. The van der Waals surface area contributed by atoms with Gasteiger partial charge in [0.05, 0.1) is 11.9 Å². The Bertz CT molecular complexity index is 1190. The normalized spacial score (nSPS) is 12.7. The van der Waals surface area contributed by atoms with Crippen molar-refractivity contribution in [2.45, 2.75) is 12.2 Å². The van der Waals surface area contributed by atoms with Crippen molar-refractivity contribution in [1.82, 2.24) is 15.3 Å². The number of pyridine rings is 2. The first-order valence-electron chi connectivity index (χ1n) is 8.91. The molecule has 1 unspecified atom stereocenters. The summed E-state index contributed by atoms with van der Waals surface area (Å²) in [6.07, 6.45) is -1.96. The molecule has 1 aromatic carbocycles. The van der Waals surface area contributed by atoms with Gasteiger partial charge in [-0.2, -0.15) is 17.6 Å². The third-order valence-electron chi connectivity index (χ3n) is 4.53. The molecule has 4 aromatic rings. The molecule has 30 heavy (non-hydrogen) atoms. The number of rotatable bonds is 4. The number of nitrogens with one attached hydrogen (secondary N) is 2. The number of carbonyl (C=O) groups is 1. The van der Waals surface area contributed by atoms with Crippen LogP contribution < -0.4 is 9.72 Å². The highest BCUT2D eigenvalue weighted by Gasteiger charge is 2.44. The standard InChI is InChI=1S/C21H14F4N4O/c22-14-9-7-13(8-10-14)17-16-6-2-4-12-29(16)19(27-17)20(30)28-18(21(23,24)25)15-5-1-3-11-26-15/h1-12,18H,(H,28,30)/p+1. The smallest absolute Gasteiger partial charge is 0.329 e. The number of aromatic nitrogens is 3. The maximum atomic E-state index is 13.6. The van der Waals surface area contributed by atoms with Crippen molar-refractivity contribution >= 4 is 11.4 Å². The number of alkyl halides is 3. The van der Waals surface area contributed by atoms with E-state index in [-0.39, 0.29) is 11.5 Å². The van der Waals surface area contributed by atoms with Gasteiger partial charge in [-0.05, 0) is 48.5 Å². The Labute approximate surface area is 168 Å². The Morgan fingerprint density at radius 2 is 1.77 bits per heavy atom. The number of carbonyl (C=O) groups excluding carboxylic acids is 1. The molecule has 0 aliphatic carbocycles. The minimum atomic E-state index is -4.74. The minimum Gasteiger partial charge on any atom is -0.329 e. The molecule has 3 aromatic heterocycles. The van der Waals surface area contributed by atoms with Gasteiger partial charge in [0.15, 0.2) is 17.3 Å². The molecular formula is C21H15F4N4O+. The number of imidazole rings is 1. The zero-order chi connectivity index (χ0) is 21.3. The number of aromatic amines is 1. The van der Waals surface area contributed by atoms with Gasteiger partial charge in [-0.25, -0.2) is 9.37 Å². The molecule has 2 N–H and O–H groups in total. The second-order valence-corrected chi connectivity index (χ2v) is 6.51. The Hall–Kier alpha value is -3.75. The van der Waals surface area contributed by atoms with Gasteiger partial charge in [0.25, 0.3) is 0 Å². The molecule has 0 aliphatic heterocycles. The molecule has 0 fully saturated rings. The van der Waals surface area contributed by atoms with E-state index in [0.29, 0.717) is 16.8 Å². The van der Waals surface area contributed by atoms with Crippen LogP contribution in [-0.4, -0.2) is 22.1 Å². The number of benzene rings is 1. The number of halogens is 4. The van der Waals surface area contributed by atoms with Crippen LogP contribution >= 0.6 is 0 Å². The van der Waals surface area contributed by atoms with Crippen LogP contribution in [0.1, 0.15) is 22.4 Å². The zero-order valence-electron chi connectivity index (χ0n) is 15.3. The molecule has 152 valence electrons. The Balaban J connectivity index is 1.75. The SMILES string of the molecule is O=C(NC(c1ccccn1)C(F)(F)F)c1[nH]c(-c2ccc(F)cc2)c2cccc[n+]12. The third-order valence-corrected chi connectivity index (χ3v) is 4.53. The molecule has 1 amide bonds. The van der Waals surface area contributed by atoms with E-state index in [2.05, 4.69) is 9.97 Å². The maximum absolute atomic E-state index is 13.6. The van der Waals surface area contributed by atoms with E-state index in [1.807, 2.05) is 5.32 Å². The monoisotopic (exact) mass is 415 g/mol. The topological polar surface area (TPSA) is 61.9 Å². The number of nitrogens with zero attached hydrogens (tertiary/aromatic N) is 2. The first-order chi connectivity index (χ1) is 14.3. The van der Waals surface area contributed by atoms with Gasteiger partial charge >= 0.3 is 17.9 Å². The molecule has 9 heteroatoms. The average Bonchev–Trinajstić information content (AvgIpc) is 3.12. The van der Waals surface area contributed by atoms with Crippen LogP contribution in [0, 0.1) is 5.82 Å². The first-order valence-corrected chi connectivity index (χ1v) is 8.91. The van der Waals surface area contributed by atoms with E-state index in [9.17, 15) is 22.4 Å². The van der Waals surface area contributed by atoms with Crippen LogP contribution in [-0.2, 0) is 0 Å². The molecule has 0 bridgehead atoms. The van der Waals surface area contributed by atoms with E-state index in [4.69, 9.17) is 0 Å². The fourth-order valence-corrected chi connectivity index (χ4v) is 3.16.